The molecule has 90 valence electrons. The number of hydrogen-bond donors (Lipinski definition) is 1. The topological polar surface area (TPSA) is 55.6 Å². The summed E-state index contributed by atoms with van der Waals surface area (Å²) in [7, 11) is 1.93. The van der Waals surface area contributed by atoms with E-state index in [0.717, 1.165) is 17.9 Å². The summed E-state index contributed by atoms with van der Waals surface area (Å²) in [5.41, 5.74) is 1.08. The lowest BCUT2D eigenvalue weighted by Crippen LogP contribution is -2.22. The van der Waals surface area contributed by atoms with Gasteiger partial charge in [-0.05, 0) is 0 Å². The van der Waals surface area contributed by atoms with E-state index in [9.17, 15) is 0 Å². The first-order chi connectivity index (χ1) is 8.16. The average molecular weight is 231 g/mol. The van der Waals surface area contributed by atoms with Crippen LogP contribution in [-0.2, 0) is 13.6 Å². The number of imidazole rings is 1. The van der Waals surface area contributed by atoms with Gasteiger partial charge in [-0.2, -0.15) is 0 Å². The van der Waals surface area contributed by atoms with Crippen molar-refractivity contribution in [3.05, 3.63) is 30.4 Å². The zero-order valence-corrected chi connectivity index (χ0v) is 10.4. The first-order valence-electron chi connectivity index (χ1n) is 5.69. The minimum atomic E-state index is 0.462. The molecule has 0 aliphatic heterocycles. The highest BCUT2D eigenvalue weighted by atomic mass is 15.1. The van der Waals surface area contributed by atoms with E-state index >= 15 is 0 Å². The lowest BCUT2D eigenvalue weighted by Gasteiger charge is -2.07. The number of rotatable bonds is 4. The molecule has 0 aliphatic carbocycles. The van der Waals surface area contributed by atoms with Crippen LogP contribution in [0.5, 0.6) is 0 Å². The van der Waals surface area contributed by atoms with E-state index in [0.29, 0.717) is 11.9 Å². The van der Waals surface area contributed by atoms with Crippen molar-refractivity contribution in [1.82, 2.24) is 24.8 Å². The molecule has 0 radical (unpaired) electrons. The third kappa shape index (κ3) is 2.88. The summed E-state index contributed by atoms with van der Waals surface area (Å²) in [5, 5.41) is 3.33. The predicted molar refractivity (Wildman–Crippen MR) is 66.2 cm³/mol. The van der Waals surface area contributed by atoms with Gasteiger partial charge in [0.25, 0.3) is 0 Å². The average Bonchev–Trinajstić information content (AvgIpc) is 2.73. The van der Waals surface area contributed by atoms with Gasteiger partial charge in [0.15, 0.2) is 11.6 Å². The normalized spacial score (nSPS) is 11.1. The number of aromatic nitrogens is 4. The van der Waals surface area contributed by atoms with Crippen molar-refractivity contribution in [2.45, 2.75) is 26.4 Å². The second-order valence-corrected chi connectivity index (χ2v) is 4.31. The maximum absolute atomic E-state index is 4.33. The molecule has 0 amide bonds. The fourth-order valence-corrected chi connectivity index (χ4v) is 1.46. The van der Waals surface area contributed by atoms with Crippen molar-refractivity contribution in [2.75, 3.05) is 0 Å². The molecule has 0 aliphatic rings. The summed E-state index contributed by atoms with van der Waals surface area (Å²) in [6.45, 7) is 5.02. The number of nitrogens with one attached hydrogen (secondary N) is 1. The van der Waals surface area contributed by atoms with Gasteiger partial charge < -0.3 is 9.88 Å². The van der Waals surface area contributed by atoms with Gasteiger partial charge in [0, 0.05) is 50.0 Å². The highest BCUT2D eigenvalue weighted by Crippen LogP contribution is 2.10. The molecule has 2 aromatic heterocycles. The van der Waals surface area contributed by atoms with Crippen molar-refractivity contribution in [3.8, 4) is 11.6 Å². The molecule has 0 unspecified atom stereocenters. The molecule has 17 heavy (non-hydrogen) atoms. The van der Waals surface area contributed by atoms with E-state index < -0.39 is 0 Å². The van der Waals surface area contributed by atoms with E-state index in [1.165, 1.54) is 0 Å². The zero-order chi connectivity index (χ0) is 12.3. The van der Waals surface area contributed by atoms with Crippen LogP contribution in [0, 0.1) is 0 Å². The van der Waals surface area contributed by atoms with Crippen molar-refractivity contribution in [3.63, 3.8) is 0 Å². The van der Waals surface area contributed by atoms with E-state index in [1.54, 1.807) is 6.20 Å². The van der Waals surface area contributed by atoms with Gasteiger partial charge in [-0.25, -0.2) is 15.0 Å². The molecule has 0 spiro atoms. The summed E-state index contributed by atoms with van der Waals surface area (Å²) in [4.78, 5) is 12.9. The van der Waals surface area contributed by atoms with Crippen LogP contribution in [0.15, 0.2) is 24.8 Å². The molecular weight excluding hydrogens is 214 g/mol. The third-order valence-electron chi connectivity index (χ3n) is 2.44. The minimum Gasteiger partial charge on any atom is -0.331 e. The van der Waals surface area contributed by atoms with Crippen molar-refractivity contribution >= 4 is 0 Å². The molecule has 0 atom stereocenters. The quantitative estimate of drug-likeness (QED) is 0.863. The summed E-state index contributed by atoms with van der Waals surface area (Å²) >= 11 is 0. The van der Waals surface area contributed by atoms with Crippen LogP contribution in [-0.4, -0.2) is 25.6 Å². The van der Waals surface area contributed by atoms with Gasteiger partial charge in [0.1, 0.15) is 0 Å². The number of nitrogens with zero attached hydrogens (tertiary/aromatic N) is 4. The summed E-state index contributed by atoms with van der Waals surface area (Å²) in [6, 6.07) is 0.462. The Kier molecular flexibility index (Phi) is 3.49. The first kappa shape index (κ1) is 11.7. The standard InChI is InChI=1S/C12H17N5/c1-9(2)14-6-10-7-15-11(16-8-10)12-13-4-5-17(12)3/h4-5,7-9,14H,6H2,1-3H3. The Balaban J connectivity index is 2.11. The van der Waals surface area contributed by atoms with E-state index in [4.69, 9.17) is 0 Å². The van der Waals surface area contributed by atoms with Gasteiger partial charge in [0.2, 0.25) is 0 Å². The van der Waals surface area contributed by atoms with E-state index in [2.05, 4.69) is 34.1 Å². The fourth-order valence-electron chi connectivity index (χ4n) is 1.46. The Bertz CT molecular complexity index is 472. The van der Waals surface area contributed by atoms with Gasteiger partial charge in [0.05, 0.1) is 0 Å². The number of aryl methyl sites for hydroxylation is 1. The second-order valence-electron chi connectivity index (χ2n) is 4.31. The number of hydrogen-bond acceptors (Lipinski definition) is 4. The molecule has 0 saturated heterocycles. The third-order valence-corrected chi connectivity index (χ3v) is 2.44. The lowest BCUT2D eigenvalue weighted by molar-refractivity contribution is 0.587. The van der Waals surface area contributed by atoms with Gasteiger partial charge in [-0.15, -0.1) is 0 Å². The highest BCUT2D eigenvalue weighted by Gasteiger charge is 2.06. The Morgan fingerprint density at radius 1 is 1.24 bits per heavy atom. The molecule has 1 N–H and O–H groups in total. The van der Waals surface area contributed by atoms with Crippen molar-refractivity contribution in [1.29, 1.82) is 0 Å². The van der Waals surface area contributed by atoms with Gasteiger partial charge >= 0.3 is 0 Å². The van der Waals surface area contributed by atoms with Crippen LogP contribution < -0.4 is 5.32 Å². The molecule has 5 heteroatoms. The lowest BCUT2D eigenvalue weighted by atomic mass is 10.3. The minimum absolute atomic E-state index is 0.462. The maximum atomic E-state index is 4.33. The Morgan fingerprint density at radius 2 is 1.94 bits per heavy atom. The largest absolute Gasteiger partial charge is 0.331 e. The SMILES string of the molecule is CC(C)NCc1cnc(-c2nccn2C)nc1. The maximum Gasteiger partial charge on any atom is 0.195 e. The second kappa shape index (κ2) is 5.05. The Morgan fingerprint density at radius 3 is 2.47 bits per heavy atom. The summed E-state index contributed by atoms with van der Waals surface area (Å²) in [6.07, 6.45) is 7.30. The predicted octanol–water partition coefficient (Wildman–Crippen LogP) is 1.38. The molecule has 0 bridgehead atoms. The van der Waals surface area contributed by atoms with Crippen LogP contribution in [0.3, 0.4) is 0 Å². The smallest absolute Gasteiger partial charge is 0.195 e. The van der Waals surface area contributed by atoms with Gasteiger partial charge in [-0.3, -0.25) is 0 Å². The molecule has 0 aromatic carbocycles. The summed E-state index contributed by atoms with van der Waals surface area (Å²) < 4.78 is 1.90. The zero-order valence-electron chi connectivity index (χ0n) is 10.4. The summed E-state index contributed by atoms with van der Waals surface area (Å²) in [5.74, 6) is 1.44. The van der Waals surface area contributed by atoms with E-state index in [-0.39, 0.29) is 0 Å². The molecule has 0 fully saturated rings. The van der Waals surface area contributed by atoms with Crippen LogP contribution >= 0.6 is 0 Å². The molecule has 2 heterocycles. The van der Waals surface area contributed by atoms with Crippen molar-refractivity contribution < 1.29 is 0 Å². The molecule has 5 nitrogen and oxygen atoms in total. The molecular formula is C12H17N5. The Hall–Kier alpha value is -1.75. The van der Waals surface area contributed by atoms with E-state index in [1.807, 2.05) is 30.2 Å². The van der Waals surface area contributed by atoms with Crippen LogP contribution in [0.2, 0.25) is 0 Å². The van der Waals surface area contributed by atoms with Crippen LogP contribution in [0.4, 0.5) is 0 Å². The van der Waals surface area contributed by atoms with Crippen molar-refractivity contribution in [2.24, 2.45) is 7.05 Å². The first-order valence-corrected chi connectivity index (χ1v) is 5.69. The monoisotopic (exact) mass is 231 g/mol. The Labute approximate surface area is 101 Å². The molecule has 0 saturated carbocycles. The highest BCUT2D eigenvalue weighted by molar-refractivity contribution is 5.43. The molecule has 2 aromatic rings. The van der Waals surface area contributed by atoms with Crippen LogP contribution in [0.25, 0.3) is 11.6 Å². The fraction of sp³-hybridized carbons (Fsp3) is 0.417. The van der Waals surface area contributed by atoms with Crippen LogP contribution in [0.1, 0.15) is 19.4 Å². The molecule has 2 rings (SSSR count). The van der Waals surface area contributed by atoms with Gasteiger partial charge in [-0.1, -0.05) is 13.8 Å².